The first-order chi connectivity index (χ1) is 10.2. The molecular weight excluding hydrogens is 260 g/mol. The molecule has 3 heteroatoms. The van der Waals surface area contributed by atoms with Gasteiger partial charge in [-0.2, -0.15) is 0 Å². The number of ether oxygens (including phenoxy) is 1. The van der Waals surface area contributed by atoms with Crippen LogP contribution in [-0.4, -0.2) is 13.2 Å². The lowest BCUT2D eigenvalue weighted by Crippen LogP contribution is -2.16. The Morgan fingerprint density at radius 3 is 2.43 bits per heavy atom. The molecule has 0 radical (unpaired) electrons. The standard InChI is InChI=1S/C18H24N2O/c1-3-21-18-9-8-15(12-17(18)19)10-11-20-13-16-6-4-14(2)5-7-16/h4-9,12,20H,3,10-11,13,19H2,1-2H3. The Bertz CT molecular complexity index is 564. The summed E-state index contributed by atoms with van der Waals surface area (Å²) >= 11 is 0. The van der Waals surface area contributed by atoms with Crippen molar-refractivity contribution in [3.8, 4) is 5.75 Å². The second-order valence-electron chi connectivity index (χ2n) is 5.22. The third-order valence-corrected chi connectivity index (χ3v) is 3.41. The molecule has 112 valence electrons. The summed E-state index contributed by atoms with van der Waals surface area (Å²) in [4.78, 5) is 0. The van der Waals surface area contributed by atoms with E-state index < -0.39 is 0 Å². The molecule has 0 fully saturated rings. The van der Waals surface area contributed by atoms with Crippen molar-refractivity contribution in [3.05, 3.63) is 59.2 Å². The van der Waals surface area contributed by atoms with Crippen molar-refractivity contribution in [3.63, 3.8) is 0 Å². The Morgan fingerprint density at radius 2 is 1.76 bits per heavy atom. The molecule has 3 N–H and O–H groups in total. The number of hydrogen-bond donors (Lipinski definition) is 2. The molecule has 0 heterocycles. The molecule has 0 bridgehead atoms. The van der Waals surface area contributed by atoms with Crippen LogP contribution in [0.5, 0.6) is 5.75 Å². The molecule has 0 aliphatic carbocycles. The third-order valence-electron chi connectivity index (χ3n) is 3.41. The number of anilines is 1. The van der Waals surface area contributed by atoms with Gasteiger partial charge in [-0.25, -0.2) is 0 Å². The molecule has 2 aromatic rings. The largest absolute Gasteiger partial charge is 0.492 e. The number of hydrogen-bond acceptors (Lipinski definition) is 3. The average Bonchev–Trinajstić information content (AvgIpc) is 2.48. The summed E-state index contributed by atoms with van der Waals surface area (Å²) in [7, 11) is 0. The number of benzene rings is 2. The Morgan fingerprint density at radius 1 is 1.05 bits per heavy atom. The highest BCUT2D eigenvalue weighted by Crippen LogP contribution is 2.22. The van der Waals surface area contributed by atoms with E-state index in [-0.39, 0.29) is 0 Å². The van der Waals surface area contributed by atoms with E-state index in [9.17, 15) is 0 Å². The number of aryl methyl sites for hydroxylation is 1. The van der Waals surface area contributed by atoms with Crippen molar-refractivity contribution in [2.24, 2.45) is 0 Å². The van der Waals surface area contributed by atoms with Gasteiger partial charge in [0.05, 0.1) is 12.3 Å². The second kappa shape index (κ2) is 7.70. The monoisotopic (exact) mass is 284 g/mol. The molecule has 21 heavy (non-hydrogen) atoms. The van der Waals surface area contributed by atoms with Gasteiger partial charge >= 0.3 is 0 Å². The predicted molar refractivity (Wildman–Crippen MR) is 88.6 cm³/mol. The third kappa shape index (κ3) is 4.80. The predicted octanol–water partition coefficient (Wildman–Crippen LogP) is 3.31. The van der Waals surface area contributed by atoms with Crippen molar-refractivity contribution in [1.29, 1.82) is 0 Å². The number of nitrogens with two attached hydrogens (primary N) is 1. The summed E-state index contributed by atoms with van der Waals surface area (Å²) in [6, 6.07) is 14.6. The average molecular weight is 284 g/mol. The molecule has 0 unspecified atom stereocenters. The Kier molecular flexibility index (Phi) is 5.64. The van der Waals surface area contributed by atoms with Gasteiger partial charge in [0.1, 0.15) is 5.75 Å². The number of nitrogen functional groups attached to an aromatic ring is 1. The summed E-state index contributed by atoms with van der Waals surface area (Å²) in [5.41, 5.74) is 10.5. The highest BCUT2D eigenvalue weighted by Gasteiger charge is 2.01. The second-order valence-corrected chi connectivity index (χ2v) is 5.22. The number of rotatable bonds is 7. The normalized spacial score (nSPS) is 10.6. The quantitative estimate of drug-likeness (QED) is 0.606. The lowest BCUT2D eigenvalue weighted by Gasteiger charge is -2.09. The molecular formula is C18H24N2O. The molecule has 2 aromatic carbocycles. The van der Waals surface area contributed by atoms with E-state index in [1.54, 1.807) is 0 Å². The number of nitrogens with one attached hydrogen (secondary N) is 1. The van der Waals surface area contributed by atoms with Crippen molar-refractivity contribution in [1.82, 2.24) is 5.32 Å². The van der Waals surface area contributed by atoms with Crippen molar-refractivity contribution in [2.75, 3.05) is 18.9 Å². The molecule has 0 spiro atoms. The van der Waals surface area contributed by atoms with E-state index >= 15 is 0 Å². The van der Waals surface area contributed by atoms with Crippen LogP contribution in [0, 0.1) is 6.92 Å². The zero-order valence-electron chi connectivity index (χ0n) is 12.9. The summed E-state index contributed by atoms with van der Waals surface area (Å²) in [5.74, 6) is 0.772. The zero-order valence-corrected chi connectivity index (χ0v) is 12.9. The molecule has 3 nitrogen and oxygen atoms in total. The zero-order chi connectivity index (χ0) is 15.1. The van der Waals surface area contributed by atoms with E-state index in [1.807, 2.05) is 19.1 Å². The van der Waals surface area contributed by atoms with Crippen molar-refractivity contribution in [2.45, 2.75) is 26.8 Å². The molecule has 0 aliphatic rings. The lowest BCUT2D eigenvalue weighted by molar-refractivity contribution is 0.342. The Labute approximate surface area is 127 Å². The summed E-state index contributed by atoms with van der Waals surface area (Å²) in [5, 5.41) is 3.46. The highest BCUT2D eigenvalue weighted by atomic mass is 16.5. The summed E-state index contributed by atoms with van der Waals surface area (Å²) in [6.07, 6.45) is 0.961. The van der Waals surface area contributed by atoms with Crippen LogP contribution in [0.4, 0.5) is 5.69 Å². The smallest absolute Gasteiger partial charge is 0.142 e. The van der Waals surface area contributed by atoms with Gasteiger partial charge in [-0.05, 0) is 50.1 Å². The molecule has 0 saturated heterocycles. The first-order valence-corrected chi connectivity index (χ1v) is 7.46. The Hall–Kier alpha value is -2.00. The van der Waals surface area contributed by atoms with Crippen LogP contribution in [0.1, 0.15) is 23.6 Å². The van der Waals surface area contributed by atoms with Gasteiger partial charge in [-0.1, -0.05) is 35.9 Å². The molecule has 0 saturated carbocycles. The SMILES string of the molecule is CCOc1ccc(CCNCc2ccc(C)cc2)cc1N. The highest BCUT2D eigenvalue weighted by molar-refractivity contribution is 5.54. The maximum Gasteiger partial charge on any atom is 0.142 e. The van der Waals surface area contributed by atoms with Crippen LogP contribution >= 0.6 is 0 Å². The van der Waals surface area contributed by atoms with Gasteiger partial charge in [-0.15, -0.1) is 0 Å². The Balaban J connectivity index is 1.78. The van der Waals surface area contributed by atoms with Gasteiger partial charge in [0.2, 0.25) is 0 Å². The van der Waals surface area contributed by atoms with Crippen LogP contribution in [-0.2, 0) is 13.0 Å². The van der Waals surface area contributed by atoms with E-state index in [4.69, 9.17) is 10.5 Å². The van der Waals surface area contributed by atoms with Gasteiger partial charge < -0.3 is 15.8 Å². The minimum absolute atomic E-state index is 0.641. The topological polar surface area (TPSA) is 47.3 Å². The lowest BCUT2D eigenvalue weighted by atomic mass is 10.1. The summed E-state index contributed by atoms with van der Waals surface area (Å²) in [6.45, 7) is 6.53. The van der Waals surface area contributed by atoms with Crippen LogP contribution in [0.15, 0.2) is 42.5 Å². The van der Waals surface area contributed by atoms with Crippen molar-refractivity contribution >= 4 is 5.69 Å². The van der Waals surface area contributed by atoms with Crippen LogP contribution < -0.4 is 15.8 Å². The van der Waals surface area contributed by atoms with Gasteiger partial charge in [0.15, 0.2) is 0 Å². The summed E-state index contributed by atoms with van der Waals surface area (Å²) < 4.78 is 5.44. The van der Waals surface area contributed by atoms with Crippen LogP contribution in [0.3, 0.4) is 0 Å². The van der Waals surface area contributed by atoms with Crippen LogP contribution in [0.25, 0.3) is 0 Å². The van der Waals surface area contributed by atoms with Crippen LogP contribution in [0.2, 0.25) is 0 Å². The fraction of sp³-hybridized carbons (Fsp3) is 0.333. The molecule has 0 atom stereocenters. The fourth-order valence-corrected chi connectivity index (χ4v) is 2.21. The van der Waals surface area contributed by atoms with Crippen molar-refractivity contribution < 1.29 is 4.74 Å². The first kappa shape index (κ1) is 15.4. The minimum Gasteiger partial charge on any atom is -0.492 e. The van der Waals surface area contributed by atoms with Gasteiger partial charge in [-0.3, -0.25) is 0 Å². The molecule has 0 amide bonds. The molecule has 0 aliphatic heterocycles. The maximum atomic E-state index is 5.97. The van der Waals surface area contributed by atoms with E-state index in [1.165, 1.54) is 16.7 Å². The van der Waals surface area contributed by atoms with E-state index in [0.717, 1.165) is 25.3 Å². The van der Waals surface area contributed by atoms with E-state index in [0.29, 0.717) is 12.3 Å². The molecule has 2 rings (SSSR count). The fourth-order valence-electron chi connectivity index (χ4n) is 2.21. The minimum atomic E-state index is 0.641. The maximum absolute atomic E-state index is 5.97. The van der Waals surface area contributed by atoms with E-state index in [2.05, 4.69) is 42.6 Å². The van der Waals surface area contributed by atoms with Gasteiger partial charge in [0.25, 0.3) is 0 Å². The first-order valence-electron chi connectivity index (χ1n) is 7.46. The molecule has 0 aromatic heterocycles. The van der Waals surface area contributed by atoms with Gasteiger partial charge in [0, 0.05) is 6.54 Å².